The third-order valence-corrected chi connectivity index (χ3v) is 4.24. The Balaban J connectivity index is 2.36. The molecule has 0 aromatic carbocycles. The smallest absolute Gasteiger partial charge is 0.0100 e. The van der Waals surface area contributed by atoms with E-state index in [0.717, 1.165) is 0 Å². The summed E-state index contributed by atoms with van der Waals surface area (Å²) in [5.41, 5.74) is 1.02. The fourth-order valence-corrected chi connectivity index (χ4v) is 3.19. The Kier molecular flexibility index (Phi) is 4.04. The van der Waals surface area contributed by atoms with Gasteiger partial charge in [0, 0.05) is 18.4 Å². The second-order valence-electron chi connectivity index (χ2n) is 6.22. The van der Waals surface area contributed by atoms with Crippen molar-refractivity contribution in [3.63, 3.8) is 0 Å². The first kappa shape index (κ1) is 12.5. The molecular weight excluding hydrogens is 238 g/mol. The molecule has 0 bridgehead atoms. The van der Waals surface area contributed by atoms with Crippen LogP contribution in [0.25, 0.3) is 0 Å². The average Bonchev–Trinajstić information content (AvgIpc) is 1.93. The summed E-state index contributed by atoms with van der Waals surface area (Å²) < 4.78 is 0. The Morgan fingerprint density at radius 3 is 2.14 bits per heavy atom. The van der Waals surface area contributed by atoms with Crippen molar-refractivity contribution in [1.82, 2.24) is 4.90 Å². The zero-order valence-corrected chi connectivity index (χ0v) is 11.7. The van der Waals surface area contributed by atoms with E-state index in [4.69, 9.17) is 0 Å². The van der Waals surface area contributed by atoms with Crippen LogP contribution >= 0.6 is 15.9 Å². The fourth-order valence-electron chi connectivity index (χ4n) is 2.45. The van der Waals surface area contributed by atoms with Crippen LogP contribution in [0.3, 0.4) is 0 Å². The Bertz CT molecular complexity index is 174. The Hall–Kier alpha value is 0.440. The van der Waals surface area contributed by atoms with Crippen LogP contribution in [-0.2, 0) is 0 Å². The molecule has 0 heterocycles. The predicted molar refractivity (Wildman–Crippen MR) is 67.0 cm³/mol. The predicted octanol–water partition coefficient (Wildman–Crippen LogP) is 3.53. The van der Waals surface area contributed by atoms with Crippen molar-refractivity contribution in [2.45, 2.75) is 40.0 Å². The first-order chi connectivity index (χ1) is 6.37. The Labute approximate surface area is 97.4 Å². The fraction of sp³-hybridized carbons (Fsp3) is 1.00. The highest BCUT2D eigenvalue weighted by Crippen LogP contribution is 2.43. The summed E-state index contributed by atoms with van der Waals surface area (Å²) in [5, 5.41) is 1.18. The molecule has 0 unspecified atom stereocenters. The number of hydrogen-bond acceptors (Lipinski definition) is 1. The second-order valence-corrected chi connectivity index (χ2v) is 6.78. The van der Waals surface area contributed by atoms with Crippen molar-refractivity contribution in [2.75, 3.05) is 25.5 Å². The first-order valence-corrected chi connectivity index (χ1v) is 6.74. The average molecular weight is 262 g/mol. The minimum absolute atomic E-state index is 0.423. The minimum atomic E-state index is 0.423. The number of rotatable bonds is 4. The van der Waals surface area contributed by atoms with Gasteiger partial charge in [-0.3, -0.25) is 0 Å². The highest BCUT2D eigenvalue weighted by molar-refractivity contribution is 9.09. The molecule has 1 fully saturated rings. The van der Waals surface area contributed by atoms with Gasteiger partial charge in [-0.05, 0) is 30.7 Å². The zero-order valence-electron chi connectivity index (χ0n) is 10.1. The number of hydrogen-bond donors (Lipinski definition) is 0. The highest BCUT2D eigenvalue weighted by atomic mass is 79.9. The molecule has 0 spiro atoms. The molecule has 1 aliphatic rings. The molecule has 84 valence electrons. The molecular formula is C12H24BrN. The molecule has 14 heavy (non-hydrogen) atoms. The lowest BCUT2D eigenvalue weighted by Crippen LogP contribution is -2.44. The van der Waals surface area contributed by atoms with Gasteiger partial charge in [0.1, 0.15) is 0 Å². The minimum Gasteiger partial charge on any atom is -0.305 e. The largest absolute Gasteiger partial charge is 0.305 e. The van der Waals surface area contributed by atoms with E-state index in [9.17, 15) is 0 Å². The summed E-state index contributed by atoms with van der Waals surface area (Å²) in [6, 6.07) is 0. The zero-order chi connectivity index (χ0) is 10.8. The van der Waals surface area contributed by atoms with Crippen LogP contribution in [0, 0.1) is 10.8 Å². The molecule has 2 heteroatoms. The highest BCUT2D eigenvalue weighted by Gasteiger charge is 2.37. The summed E-state index contributed by atoms with van der Waals surface area (Å²) in [5.74, 6) is 0. The lowest BCUT2D eigenvalue weighted by molar-refractivity contribution is 0.0874. The molecule has 0 N–H and O–H groups in total. The van der Waals surface area contributed by atoms with Gasteiger partial charge < -0.3 is 4.90 Å². The third-order valence-electron chi connectivity index (χ3n) is 3.05. The van der Waals surface area contributed by atoms with Gasteiger partial charge in [0.25, 0.3) is 0 Å². The van der Waals surface area contributed by atoms with Crippen LogP contribution in [0.1, 0.15) is 40.0 Å². The quantitative estimate of drug-likeness (QED) is 0.700. The van der Waals surface area contributed by atoms with Gasteiger partial charge in [-0.2, -0.15) is 0 Å². The van der Waals surface area contributed by atoms with Crippen LogP contribution in [0.5, 0.6) is 0 Å². The summed E-state index contributed by atoms with van der Waals surface area (Å²) in [6.07, 6.45) is 4.24. The summed E-state index contributed by atoms with van der Waals surface area (Å²) in [6.45, 7) is 9.39. The second kappa shape index (κ2) is 4.52. The van der Waals surface area contributed by atoms with E-state index in [2.05, 4.69) is 48.6 Å². The van der Waals surface area contributed by atoms with E-state index in [1.54, 1.807) is 0 Å². The molecule has 1 saturated carbocycles. The lowest BCUT2D eigenvalue weighted by Gasteiger charge is -2.44. The van der Waals surface area contributed by atoms with E-state index in [1.807, 2.05) is 0 Å². The van der Waals surface area contributed by atoms with Crippen LogP contribution in [-0.4, -0.2) is 30.4 Å². The molecule has 0 amide bonds. The molecule has 0 aliphatic heterocycles. The molecule has 0 aromatic heterocycles. The van der Waals surface area contributed by atoms with Crippen molar-refractivity contribution in [3.05, 3.63) is 0 Å². The van der Waals surface area contributed by atoms with Gasteiger partial charge in [0.15, 0.2) is 0 Å². The van der Waals surface area contributed by atoms with Crippen LogP contribution in [0.15, 0.2) is 0 Å². The number of halogens is 1. The van der Waals surface area contributed by atoms with Gasteiger partial charge in [0.2, 0.25) is 0 Å². The van der Waals surface area contributed by atoms with E-state index in [-0.39, 0.29) is 0 Å². The van der Waals surface area contributed by atoms with Crippen LogP contribution in [0.4, 0.5) is 0 Å². The Morgan fingerprint density at radius 1 is 1.29 bits per heavy atom. The third kappa shape index (κ3) is 3.54. The summed E-state index contributed by atoms with van der Waals surface area (Å²) in [4.78, 5) is 2.50. The maximum absolute atomic E-state index is 3.66. The molecule has 0 saturated heterocycles. The molecule has 1 rings (SSSR count). The molecule has 1 aliphatic carbocycles. The normalized spacial score (nSPS) is 21.0. The van der Waals surface area contributed by atoms with Gasteiger partial charge in [-0.1, -0.05) is 43.1 Å². The summed E-state index contributed by atoms with van der Waals surface area (Å²) in [7, 11) is 2.26. The Morgan fingerprint density at radius 2 is 1.86 bits per heavy atom. The van der Waals surface area contributed by atoms with E-state index >= 15 is 0 Å². The molecule has 0 aromatic rings. The van der Waals surface area contributed by atoms with Crippen molar-refractivity contribution < 1.29 is 0 Å². The van der Waals surface area contributed by atoms with Crippen molar-refractivity contribution >= 4 is 15.9 Å². The van der Waals surface area contributed by atoms with Crippen molar-refractivity contribution in [2.24, 2.45) is 10.8 Å². The topological polar surface area (TPSA) is 3.24 Å². The van der Waals surface area contributed by atoms with Crippen molar-refractivity contribution in [1.29, 1.82) is 0 Å². The maximum Gasteiger partial charge on any atom is 0.0100 e. The number of alkyl halides is 1. The van der Waals surface area contributed by atoms with E-state index in [1.165, 1.54) is 37.7 Å². The van der Waals surface area contributed by atoms with E-state index in [0.29, 0.717) is 10.8 Å². The number of nitrogens with zero attached hydrogens (tertiary/aromatic N) is 1. The van der Waals surface area contributed by atoms with Crippen molar-refractivity contribution in [3.8, 4) is 0 Å². The molecule has 0 radical (unpaired) electrons. The molecule has 1 nitrogen and oxygen atoms in total. The maximum atomic E-state index is 3.66. The van der Waals surface area contributed by atoms with E-state index < -0.39 is 0 Å². The summed E-state index contributed by atoms with van der Waals surface area (Å²) >= 11 is 3.66. The van der Waals surface area contributed by atoms with Gasteiger partial charge in [0.05, 0.1) is 0 Å². The van der Waals surface area contributed by atoms with Crippen LogP contribution < -0.4 is 0 Å². The van der Waals surface area contributed by atoms with Gasteiger partial charge in [-0.15, -0.1) is 0 Å². The molecule has 0 atom stereocenters. The monoisotopic (exact) mass is 261 g/mol. The lowest BCUT2D eigenvalue weighted by atomic mass is 9.70. The standard InChI is InChI=1S/C12H24BrN/c1-11(2,3)9-14(4)10-12(8-13)6-5-7-12/h5-10H2,1-4H3. The van der Waals surface area contributed by atoms with Gasteiger partial charge in [-0.25, -0.2) is 0 Å². The SMILES string of the molecule is CN(CC(C)(C)C)CC1(CBr)CCC1. The first-order valence-electron chi connectivity index (χ1n) is 5.61. The van der Waals surface area contributed by atoms with Gasteiger partial charge >= 0.3 is 0 Å². The van der Waals surface area contributed by atoms with Crippen LogP contribution in [0.2, 0.25) is 0 Å².